The molecule has 1 fully saturated rings. The monoisotopic (exact) mass is 505 g/mol. The van der Waals surface area contributed by atoms with Gasteiger partial charge in [0, 0.05) is 0 Å². The van der Waals surface area contributed by atoms with Crippen molar-refractivity contribution in [3.63, 3.8) is 0 Å². The highest BCUT2D eigenvalue weighted by Crippen LogP contribution is 2.37. The molecule has 0 spiro atoms. The summed E-state index contributed by atoms with van der Waals surface area (Å²) in [6.07, 6.45) is 0. The Morgan fingerprint density at radius 1 is 0.778 bits per heavy atom. The van der Waals surface area contributed by atoms with E-state index in [1.807, 2.05) is 84.9 Å². The number of sulfonamides is 1. The molecular weight excluding hydrogens is 469 g/mol. The second-order valence-electron chi connectivity index (χ2n) is 10.9. The average molecular weight is 505 g/mol. The summed E-state index contributed by atoms with van der Waals surface area (Å²) in [6, 6.07) is 18.7. The van der Waals surface area contributed by atoms with Crippen molar-refractivity contribution < 1.29 is 17.7 Å². The Kier molecular flexibility index (Phi) is 6.88. The number of aryl methyl sites for hydroxylation is 4. The molecule has 1 aliphatic rings. The Hall–Kier alpha value is -2.61. The molecular formula is C29H36BNO4S. The molecule has 3 aromatic carbocycles. The molecule has 7 heteroatoms. The zero-order valence-electron chi connectivity index (χ0n) is 22.5. The molecule has 0 aliphatic carbocycles. The minimum atomic E-state index is -3.85. The fourth-order valence-electron chi connectivity index (χ4n) is 4.56. The van der Waals surface area contributed by atoms with Gasteiger partial charge in [-0.2, -0.15) is 0 Å². The maximum atomic E-state index is 14.0. The third-order valence-electron chi connectivity index (χ3n) is 7.43. The third-order valence-corrected chi connectivity index (χ3v) is 9.22. The smallest absolute Gasteiger partial charge is 0.399 e. The number of benzene rings is 3. The molecule has 0 unspecified atom stereocenters. The van der Waals surface area contributed by atoms with Crippen LogP contribution in [0.15, 0.2) is 65.6 Å². The zero-order chi connectivity index (χ0) is 26.5. The van der Waals surface area contributed by atoms with E-state index in [4.69, 9.17) is 9.31 Å². The first-order chi connectivity index (χ1) is 16.7. The van der Waals surface area contributed by atoms with E-state index in [-0.39, 0.29) is 11.4 Å². The Balaban J connectivity index is 1.81. The molecule has 0 bridgehead atoms. The van der Waals surface area contributed by atoms with E-state index in [1.54, 1.807) is 12.1 Å². The summed E-state index contributed by atoms with van der Waals surface area (Å²) >= 11 is 0. The van der Waals surface area contributed by atoms with Gasteiger partial charge < -0.3 is 9.31 Å². The van der Waals surface area contributed by atoms with Gasteiger partial charge in [0.15, 0.2) is 0 Å². The quantitative estimate of drug-likeness (QED) is 0.409. The van der Waals surface area contributed by atoms with E-state index >= 15 is 0 Å². The van der Waals surface area contributed by atoms with Crippen molar-refractivity contribution in [1.82, 2.24) is 0 Å². The van der Waals surface area contributed by atoms with E-state index in [2.05, 4.69) is 19.1 Å². The molecule has 0 radical (unpaired) electrons. The average Bonchev–Trinajstić information content (AvgIpc) is 3.00. The molecule has 1 aliphatic heterocycles. The topological polar surface area (TPSA) is 55.8 Å². The van der Waals surface area contributed by atoms with Crippen LogP contribution in [0.25, 0.3) is 0 Å². The summed E-state index contributed by atoms with van der Waals surface area (Å²) in [5.41, 5.74) is 5.68. The molecule has 0 saturated carbocycles. The van der Waals surface area contributed by atoms with Crippen LogP contribution < -0.4 is 9.77 Å². The minimum Gasteiger partial charge on any atom is -0.399 e. The van der Waals surface area contributed by atoms with Gasteiger partial charge in [0.1, 0.15) is 0 Å². The molecule has 1 saturated heterocycles. The van der Waals surface area contributed by atoms with Crippen LogP contribution in [0.4, 0.5) is 5.69 Å². The summed E-state index contributed by atoms with van der Waals surface area (Å²) in [7, 11) is -4.43. The summed E-state index contributed by atoms with van der Waals surface area (Å²) in [4.78, 5) is 0.261. The van der Waals surface area contributed by atoms with Gasteiger partial charge in [-0.05, 0) is 102 Å². The van der Waals surface area contributed by atoms with Crippen LogP contribution in [0.3, 0.4) is 0 Å². The highest BCUT2D eigenvalue weighted by molar-refractivity contribution is 7.92. The Morgan fingerprint density at radius 2 is 1.33 bits per heavy atom. The molecule has 1 heterocycles. The van der Waals surface area contributed by atoms with Crippen molar-refractivity contribution >= 4 is 28.3 Å². The molecule has 5 nitrogen and oxygen atoms in total. The molecule has 0 aromatic heterocycles. The van der Waals surface area contributed by atoms with Crippen LogP contribution in [-0.2, 0) is 25.9 Å². The van der Waals surface area contributed by atoms with E-state index in [9.17, 15) is 8.42 Å². The van der Waals surface area contributed by atoms with Gasteiger partial charge in [-0.1, -0.05) is 47.5 Å². The molecule has 190 valence electrons. The van der Waals surface area contributed by atoms with Crippen molar-refractivity contribution in [1.29, 1.82) is 0 Å². The van der Waals surface area contributed by atoms with Crippen LogP contribution in [0.2, 0.25) is 0 Å². The Labute approximate surface area is 216 Å². The lowest BCUT2D eigenvalue weighted by atomic mass is 9.79. The molecule has 3 aromatic rings. The van der Waals surface area contributed by atoms with Crippen LogP contribution >= 0.6 is 0 Å². The highest BCUT2D eigenvalue weighted by atomic mass is 32.2. The summed E-state index contributed by atoms with van der Waals surface area (Å²) < 4.78 is 42.1. The summed E-state index contributed by atoms with van der Waals surface area (Å²) in [5, 5.41) is 0. The number of hydrogen-bond donors (Lipinski definition) is 0. The number of nitrogens with zero attached hydrogens (tertiary/aromatic N) is 1. The summed E-state index contributed by atoms with van der Waals surface area (Å²) in [6.45, 7) is 16.3. The van der Waals surface area contributed by atoms with Gasteiger partial charge >= 0.3 is 7.12 Å². The van der Waals surface area contributed by atoms with Crippen molar-refractivity contribution in [3.8, 4) is 0 Å². The molecule has 0 atom stereocenters. The number of hydrogen-bond acceptors (Lipinski definition) is 4. The Morgan fingerprint density at radius 3 is 1.89 bits per heavy atom. The van der Waals surface area contributed by atoms with Crippen LogP contribution in [-0.4, -0.2) is 26.7 Å². The van der Waals surface area contributed by atoms with Crippen molar-refractivity contribution in [2.45, 2.75) is 78.0 Å². The largest absolute Gasteiger partial charge is 0.494 e. The van der Waals surface area contributed by atoms with Crippen molar-refractivity contribution in [2.75, 3.05) is 4.31 Å². The van der Waals surface area contributed by atoms with Gasteiger partial charge in [-0.3, -0.25) is 4.31 Å². The predicted molar refractivity (Wildman–Crippen MR) is 147 cm³/mol. The molecule has 0 amide bonds. The normalized spacial score (nSPS) is 16.8. The first-order valence-corrected chi connectivity index (χ1v) is 13.8. The van der Waals surface area contributed by atoms with Gasteiger partial charge in [-0.25, -0.2) is 8.42 Å². The van der Waals surface area contributed by atoms with Crippen LogP contribution in [0.5, 0.6) is 0 Å². The lowest BCUT2D eigenvalue weighted by Gasteiger charge is -2.32. The molecule has 0 N–H and O–H groups in total. The second-order valence-corrected chi connectivity index (χ2v) is 12.7. The first kappa shape index (κ1) is 26.5. The minimum absolute atomic E-state index is 0.223. The van der Waals surface area contributed by atoms with Gasteiger partial charge in [0.05, 0.1) is 28.3 Å². The first-order valence-electron chi connectivity index (χ1n) is 12.3. The lowest BCUT2D eigenvalue weighted by molar-refractivity contribution is 0.00578. The fourth-order valence-corrected chi connectivity index (χ4v) is 5.99. The van der Waals surface area contributed by atoms with E-state index in [0.717, 1.165) is 33.3 Å². The van der Waals surface area contributed by atoms with Crippen molar-refractivity contribution in [3.05, 3.63) is 88.5 Å². The number of rotatable bonds is 6. The van der Waals surface area contributed by atoms with Crippen LogP contribution in [0.1, 0.15) is 55.5 Å². The number of anilines is 1. The fraction of sp³-hybridized carbons (Fsp3) is 0.379. The van der Waals surface area contributed by atoms with Gasteiger partial charge in [-0.15, -0.1) is 0 Å². The van der Waals surface area contributed by atoms with E-state index in [1.165, 1.54) is 4.31 Å². The van der Waals surface area contributed by atoms with E-state index < -0.39 is 28.3 Å². The molecule has 36 heavy (non-hydrogen) atoms. The van der Waals surface area contributed by atoms with Crippen molar-refractivity contribution in [2.24, 2.45) is 0 Å². The highest BCUT2D eigenvalue weighted by Gasteiger charge is 2.51. The van der Waals surface area contributed by atoms with E-state index in [0.29, 0.717) is 5.69 Å². The third kappa shape index (κ3) is 4.97. The molecule has 4 rings (SSSR count). The predicted octanol–water partition coefficient (Wildman–Crippen LogP) is 5.61. The van der Waals surface area contributed by atoms with Gasteiger partial charge in [0.25, 0.3) is 10.0 Å². The standard InChI is InChI=1S/C29H36BNO4S/c1-20-12-14-26(15-13-20)36(32,33)31(19-27-22(3)16-21(2)17-23(27)4)25-11-9-10-24(18-25)30-34-28(5,6)29(7,8)35-30/h9-18H,19H2,1-8H3. The zero-order valence-corrected chi connectivity index (χ0v) is 23.4. The van der Waals surface area contributed by atoms with Gasteiger partial charge in [0.2, 0.25) is 0 Å². The SMILES string of the molecule is Cc1ccc(S(=O)(=O)N(Cc2c(C)cc(C)cc2C)c2cccc(B3OC(C)(C)C(C)(C)O3)c2)cc1. The lowest BCUT2D eigenvalue weighted by Crippen LogP contribution is -2.41. The second kappa shape index (κ2) is 9.36. The summed E-state index contributed by atoms with van der Waals surface area (Å²) in [5.74, 6) is 0. The maximum Gasteiger partial charge on any atom is 0.494 e. The van der Waals surface area contributed by atoms with Crippen LogP contribution in [0, 0.1) is 27.7 Å². The Bertz CT molecular complexity index is 1340. The maximum absolute atomic E-state index is 14.0.